The van der Waals surface area contributed by atoms with E-state index in [9.17, 15) is 23.7 Å². The fourth-order valence-electron chi connectivity index (χ4n) is 2.00. The second-order valence-corrected chi connectivity index (χ2v) is 4.57. The number of nitro groups is 1. The predicted octanol–water partition coefficient (Wildman–Crippen LogP) is 3.42. The van der Waals surface area contributed by atoms with Crippen LogP contribution in [0.2, 0.25) is 0 Å². The van der Waals surface area contributed by atoms with Crippen LogP contribution in [0.25, 0.3) is 0 Å². The third-order valence-electron chi connectivity index (χ3n) is 3.08. The summed E-state index contributed by atoms with van der Waals surface area (Å²) in [5.74, 6) is -3.13. The molecule has 0 spiro atoms. The fourth-order valence-corrected chi connectivity index (χ4v) is 2.00. The Balaban J connectivity index is 2.62. The number of methoxy groups -OCH3 is 1. The molecule has 2 aromatic carbocycles. The summed E-state index contributed by atoms with van der Waals surface area (Å²) >= 11 is 0. The average molecular weight is 307 g/mol. The Bertz CT molecular complexity index is 774. The first-order valence-electron chi connectivity index (χ1n) is 6.18. The monoisotopic (exact) mass is 307 g/mol. The van der Waals surface area contributed by atoms with Gasteiger partial charge in [0.1, 0.15) is 11.6 Å². The summed E-state index contributed by atoms with van der Waals surface area (Å²) in [6.45, 7) is 1.72. The maximum Gasteiger partial charge on any atom is 0.305 e. The van der Waals surface area contributed by atoms with Crippen LogP contribution in [0.3, 0.4) is 0 Å². The third kappa shape index (κ3) is 2.78. The number of hydrogen-bond acceptors (Lipinski definition) is 4. The summed E-state index contributed by atoms with van der Waals surface area (Å²) in [6, 6.07) is 5.61. The Morgan fingerprint density at radius 1 is 1.14 bits per heavy atom. The minimum Gasteiger partial charge on any atom is -0.496 e. The van der Waals surface area contributed by atoms with Crippen LogP contribution in [-0.4, -0.2) is 17.8 Å². The van der Waals surface area contributed by atoms with E-state index in [0.29, 0.717) is 12.1 Å². The van der Waals surface area contributed by atoms with Crippen molar-refractivity contribution in [1.82, 2.24) is 0 Å². The second kappa shape index (κ2) is 5.88. The number of rotatable bonds is 4. The van der Waals surface area contributed by atoms with Crippen LogP contribution in [0.15, 0.2) is 30.3 Å². The predicted molar refractivity (Wildman–Crippen MR) is 74.2 cm³/mol. The van der Waals surface area contributed by atoms with E-state index < -0.39 is 33.6 Å². The van der Waals surface area contributed by atoms with E-state index in [4.69, 9.17) is 4.74 Å². The first-order chi connectivity index (χ1) is 10.3. The molecule has 114 valence electrons. The van der Waals surface area contributed by atoms with E-state index in [1.165, 1.54) is 19.2 Å². The summed E-state index contributed by atoms with van der Waals surface area (Å²) in [4.78, 5) is 22.1. The molecule has 0 amide bonds. The molecule has 0 aliphatic heterocycles. The van der Waals surface area contributed by atoms with Gasteiger partial charge in [-0.1, -0.05) is 11.6 Å². The topological polar surface area (TPSA) is 69.4 Å². The van der Waals surface area contributed by atoms with E-state index in [1.807, 2.05) is 0 Å². The molecule has 0 saturated carbocycles. The van der Waals surface area contributed by atoms with Crippen molar-refractivity contribution in [3.05, 3.63) is 68.8 Å². The van der Waals surface area contributed by atoms with E-state index in [1.54, 1.807) is 13.0 Å². The first-order valence-corrected chi connectivity index (χ1v) is 6.18. The van der Waals surface area contributed by atoms with Gasteiger partial charge in [0, 0.05) is 12.1 Å². The molecular weight excluding hydrogens is 296 g/mol. The third-order valence-corrected chi connectivity index (χ3v) is 3.08. The van der Waals surface area contributed by atoms with Crippen molar-refractivity contribution in [2.24, 2.45) is 0 Å². The number of hydrogen-bond donors (Lipinski definition) is 0. The lowest BCUT2D eigenvalue weighted by Crippen LogP contribution is -2.08. The normalized spacial score (nSPS) is 10.4. The quantitative estimate of drug-likeness (QED) is 0.493. The number of carbonyl (C=O) groups is 1. The maximum absolute atomic E-state index is 13.8. The summed E-state index contributed by atoms with van der Waals surface area (Å²) in [5, 5.41) is 10.7. The van der Waals surface area contributed by atoms with Crippen molar-refractivity contribution in [1.29, 1.82) is 0 Å². The van der Waals surface area contributed by atoms with Gasteiger partial charge in [0.15, 0.2) is 5.78 Å². The minimum atomic E-state index is -1.34. The SMILES string of the molecule is COc1ccc(C)cc1C(=O)c1cc([N+](=O)[O-])c(F)cc1F. The fraction of sp³-hybridized carbons (Fsp3) is 0.133. The molecule has 0 fully saturated rings. The zero-order valence-electron chi connectivity index (χ0n) is 11.7. The second-order valence-electron chi connectivity index (χ2n) is 4.57. The highest BCUT2D eigenvalue weighted by molar-refractivity contribution is 6.11. The molecule has 22 heavy (non-hydrogen) atoms. The van der Waals surface area contributed by atoms with E-state index in [0.717, 1.165) is 5.56 Å². The lowest BCUT2D eigenvalue weighted by molar-refractivity contribution is -0.387. The Hall–Kier alpha value is -2.83. The van der Waals surface area contributed by atoms with Gasteiger partial charge in [-0.3, -0.25) is 14.9 Å². The van der Waals surface area contributed by atoms with Crippen molar-refractivity contribution in [3.63, 3.8) is 0 Å². The van der Waals surface area contributed by atoms with Crippen molar-refractivity contribution in [2.75, 3.05) is 7.11 Å². The molecule has 7 heteroatoms. The lowest BCUT2D eigenvalue weighted by atomic mass is 9.99. The molecule has 0 aromatic heterocycles. The van der Waals surface area contributed by atoms with Gasteiger partial charge in [-0.25, -0.2) is 4.39 Å². The molecular formula is C15H11F2NO4. The van der Waals surface area contributed by atoms with Crippen LogP contribution in [0, 0.1) is 28.7 Å². The van der Waals surface area contributed by atoms with Crippen LogP contribution in [0.4, 0.5) is 14.5 Å². The summed E-state index contributed by atoms with van der Waals surface area (Å²) < 4.78 is 32.2. The molecule has 0 atom stereocenters. The Morgan fingerprint density at radius 2 is 1.82 bits per heavy atom. The van der Waals surface area contributed by atoms with E-state index in [2.05, 4.69) is 0 Å². The molecule has 0 unspecified atom stereocenters. The standard InChI is InChI=1S/C15H11F2NO4/c1-8-3-4-14(22-2)10(5-8)15(19)9-6-13(18(20)21)12(17)7-11(9)16/h3-7H,1-2H3. The molecule has 2 rings (SSSR count). The molecule has 0 bridgehead atoms. The van der Waals surface area contributed by atoms with Crippen LogP contribution in [-0.2, 0) is 0 Å². The highest BCUT2D eigenvalue weighted by Gasteiger charge is 2.24. The van der Waals surface area contributed by atoms with E-state index >= 15 is 0 Å². The Kier molecular flexibility index (Phi) is 4.16. The smallest absolute Gasteiger partial charge is 0.305 e. The molecule has 0 saturated heterocycles. The van der Waals surface area contributed by atoms with Crippen LogP contribution >= 0.6 is 0 Å². The van der Waals surface area contributed by atoms with Gasteiger partial charge in [0.25, 0.3) is 0 Å². The minimum absolute atomic E-state index is 0.0438. The molecule has 0 heterocycles. The largest absolute Gasteiger partial charge is 0.496 e. The highest BCUT2D eigenvalue weighted by atomic mass is 19.1. The molecule has 0 radical (unpaired) electrons. The van der Waals surface area contributed by atoms with Crippen LogP contribution in [0.1, 0.15) is 21.5 Å². The van der Waals surface area contributed by atoms with Crippen LogP contribution < -0.4 is 4.74 Å². The lowest BCUT2D eigenvalue weighted by Gasteiger charge is -2.09. The Labute approximate surface area is 124 Å². The van der Waals surface area contributed by atoms with Crippen LogP contribution in [0.5, 0.6) is 5.75 Å². The molecule has 2 aromatic rings. The van der Waals surface area contributed by atoms with Gasteiger partial charge in [-0.15, -0.1) is 0 Å². The average Bonchev–Trinajstić information content (AvgIpc) is 2.46. The number of carbonyl (C=O) groups excluding carboxylic acids is 1. The number of nitrogens with zero attached hydrogens (tertiary/aromatic N) is 1. The van der Waals surface area contributed by atoms with Gasteiger partial charge >= 0.3 is 5.69 Å². The number of benzene rings is 2. The number of nitro benzene ring substituents is 1. The summed E-state index contributed by atoms with van der Waals surface area (Å²) in [7, 11) is 1.34. The van der Waals surface area contributed by atoms with Gasteiger partial charge in [-0.05, 0) is 19.1 Å². The Morgan fingerprint density at radius 3 is 2.41 bits per heavy atom. The number of ketones is 1. The first kappa shape index (κ1) is 15.6. The van der Waals surface area contributed by atoms with Crippen molar-refractivity contribution in [3.8, 4) is 5.75 Å². The molecule has 0 N–H and O–H groups in total. The molecule has 5 nitrogen and oxygen atoms in total. The van der Waals surface area contributed by atoms with Gasteiger partial charge in [0.2, 0.25) is 5.82 Å². The number of aryl methyl sites for hydroxylation is 1. The van der Waals surface area contributed by atoms with Crippen molar-refractivity contribution < 1.29 is 23.2 Å². The van der Waals surface area contributed by atoms with Crippen molar-refractivity contribution >= 4 is 11.5 Å². The molecule has 0 aliphatic rings. The summed E-state index contributed by atoms with van der Waals surface area (Å²) in [5.41, 5.74) is -0.781. The molecule has 0 aliphatic carbocycles. The number of ether oxygens (including phenoxy) is 1. The van der Waals surface area contributed by atoms with Crippen molar-refractivity contribution in [2.45, 2.75) is 6.92 Å². The number of halogens is 2. The zero-order valence-corrected chi connectivity index (χ0v) is 11.7. The summed E-state index contributed by atoms with van der Waals surface area (Å²) in [6.07, 6.45) is 0. The zero-order chi connectivity index (χ0) is 16.4. The van der Waals surface area contributed by atoms with Gasteiger partial charge in [-0.2, -0.15) is 4.39 Å². The maximum atomic E-state index is 13.8. The van der Waals surface area contributed by atoms with Gasteiger partial charge < -0.3 is 4.74 Å². The van der Waals surface area contributed by atoms with E-state index in [-0.39, 0.29) is 11.3 Å². The van der Waals surface area contributed by atoms with Gasteiger partial charge in [0.05, 0.1) is 23.2 Å². The highest BCUT2D eigenvalue weighted by Crippen LogP contribution is 2.27.